The molecule has 0 spiro atoms. The normalized spacial score (nSPS) is 11.7. The van der Waals surface area contributed by atoms with Crippen molar-refractivity contribution in [2.75, 3.05) is 0 Å². The fourth-order valence-corrected chi connectivity index (χ4v) is 1.36. The zero-order valence-electron chi connectivity index (χ0n) is 7.88. The van der Waals surface area contributed by atoms with Gasteiger partial charge in [-0.3, -0.25) is 0 Å². The van der Waals surface area contributed by atoms with Crippen molar-refractivity contribution in [3.63, 3.8) is 0 Å². The van der Waals surface area contributed by atoms with Gasteiger partial charge in [0.25, 0.3) is 0 Å². The molecule has 0 radical (unpaired) electrons. The summed E-state index contributed by atoms with van der Waals surface area (Å²) in [4.78, 5) is 0. The predicted molar refractivity (Wildman–Crippen MR) is 55.0 cm³/mol. The molecule has 0 aromatic heterocycles. The molecule has 0 aliphatic carbocycles. The lowest BCUT2D eigenvalue weighted by Crippen LogP contribution is -1.81. The second-order valence-corrected chi connectivity index (χ2v) is 2.86. The third kappa shape index (κ3) is 2.23. The molecule has 1 rings (SSSR count). The topological polar surface area (TPSA) is 0 Å². The van der Waals surface area contributed by atoms with Gasteiger partial charge in [-0.15, -0.1) is 0 Å². The van der Waals surface area contributed by atoms with Crippen LogP contribution in [0.4, 0.5) is 0 Å². The molecule has 0 fully saturated rings. The van der Waals surface area contributed by atoms with Crippen LogP contribution in [0.5, 0.6) is 0 Å². The molecule has 1 aromatic rings. The third-order valence-corrected chi connectivity index (χ3v) is 1.98. The SMILES string of the molecule is CC/C=C(\CC)c1ccccc1. The summed E-state index contributed by atoms with van der Waals surface area (Å²) in [5, 5.41) is 0. The van der Waals surface area contributed by atoms with Gasteiger partial charge in [-0.25, -0.2) is 0 Å². The summed E-state index contributed by atoms with van der Waals surface area (Å²) in [6.07, 6.45) is 4.55. The Morgan fingerprint density at radius 3 is 2.33 bits per heavy atom. The van der Waals surface area contributed by atoms with Crippen LogP contribution in [-0.2, 0) is 0 Å². The number of benzene rings is 1. The molecule has 0 N–H and O–H groups in total. The standard InChI is InChI=1S/C12H16/c1-3-8-11(4-2)12-9-6-5-7-10-12/h5-10H,3-4H2,1-2H3/b11-8+. The van der Waals surface area contributed by atoms with Gasteiger partial charge in [0.15, 0.2) is 0 Å². The van der Waals surface area contributed by atoms with Gasteiger partial charge in [-0.05, 0) is 24.0 Å². The molecule has 0 unspecified atom stereocenters. The highest BCUT2D eigenvalue weighted by molar-refractivity contribution is 5.64. The smallest absolute Gasteiger partial charge is 0.0228 e. The highest BCUT2D eigenvalue weighted by atomic mass is 14.0. The van der Waals surface area contributed by atoms with Gasteiger partial charge >= 0.3 is 0 Å². The van der Waals surface area contributed by atoms with Gasteiger partial charge in [0.2, 0.25) is 0 Å². The Morgan fingerprint density at radius 1 is 1.17 bits per heavy atom. The largest absolute Gasteiger partial charge is 0.0810 e. The van der Waals surface area contributed by atoms with Gasteiger partial charge < -0.3 is 0 Å². The molecule has 0 atom stereocenters. The van der Waals surface area contributed by atoms with Crippen molar-refractivity contribution in [1.82, 2.24) is 0 Å². The molecule has 0 aliphatic heterocycles. The van der Waals surface area contributed by atoms with Crippen LogP contribution in [0.2, 0.25) is 0 Å². The number of hydrogen-bond donors (Lipinski definition) is 0. The van der Waals surface area contributed by atoms with E-state index in [2.05, 4.69) is 50.3 Å². The molecule has 0 saturated heterocycles. The van der Waals surface area contributed by atoms with Crippen LogP contribution in [0.15, 0.2) is 36.4 Å². The van der Waals surface area contributed by atoms with Gasteiger partial charge in [0, 0.05) is 0 Å². The second-order valence-electron chi connectivity index (χ2n) is 2.86. The molecule has 0 amide bonds. The first-order chi connectivity index (χ1) is 5.88. The summed E-state index contributed by atoms with van der Waals surface area (Å²) >= 11 is 0. The zero-order valence-corrected chi connectivity index (χ0v) is 7.88. The van der Waals surface area contributed by atoms with Gasteiger partial charge in [0.1, 0.15) is 0 Å². The Bertz CT molecular complexity index is 244. The highest BCUT2D eigenvalue weighted by Crippen LogP contribution is 2.17. The summed E-state index contributed by atoms with van der Waals surface area (Å²) in [6.45, 7) is 4.38. The van der Waals surface area contributed by atoms with E-state index in [1.54, 1.807) is 0 Å². The van der Waals surface area contributed by atoms with E-state index in [0.717, 1.165) is 12.8 Å². The monoisotopic (exact) mass is 160 g/mol. The lowest BCUT2D eigenvalue weighted by atomic mass is 10.0. The Kier molecular flexibility index (Phi) is 3.59. The summed E-state index contributed by atoms with van der Waals surface area (Å²) < 4.78 is 0. The molecule has 1 aromatic carbocycles. The average molecular weight is 160 g/mol. The Hall–Kier alpha value is -1.04. The Morgan fingerprint density at radius 2 is 1.83 bits per heavy atom. The molecular weight excluding hydrogens is 144 g/mol. The maximum atomic E-state index is 2.30. The minimum absolute atomic E-state index is 1.12. The van der Waals surface area contributed by atoms with Gasteiger partial charge in [-0.2, -0.15) is 0 Å². The van der Waals surface area contributed by atoms with Crippen LogP contribution in [0.3, 0.4) is 0 Å². The van der Waals surface area contributed by atoms with Crippen LogP contribution in [0.25, 0.3) is 5.57 Å². The minimum Gasteiger partial charge on any atom is -0.0810 e. The number of rotatable bonds is 3. The first-order valence-corrected chi connectivity index (χ1v) is 4.63. The third-order valence-electron chi connectivity index (χ3n) is 1.98. The Balaban J connectivity index is 2.88. The number of allylic oxidation sites excluding steroid dienone is 2. The van der Waals surface area contributed by atoms with Gasteiger partial charge in [-0.1, -0.05) is 50.3 Å². The zero-order chi connectivity index (χ0) is 8.81. The lowest BCUT2D eigenvalue weighted by molar-refractivity contribution is 1.17. The van der Waals surface area contributed by atoms with Crippen LogP contribution in [0, 0.1) is 0 Å². The molecule has 0 aliphatic rings. The predicted octanol–water partition coefficient (Wildman–Crippen LogP) is 3.89. The maximum Gasteiger partial charge on any atom is -0.0228 e. The molecule has 12 heavy (non-hydrogen) atoms. The molecule has 0 bridgehead atoms. The highest BCUT2D eigenvalue weighted by Gasteiger charge is 1.95. The van der Waals surface area contributed by atoms with Crippen molar-refractivity contribution < 1.29 is 0 Å². The summed E-state index contributed by atoms with van der Waals surface area (Å²) in [6, 6.07) is 10.6. The fraction of sp³-hybridized carbons (Fsp3) is 0.333. The van der Waals surface area contributed by atoms with Crippen molar-refractivity contribution in [1.29, 1.82) is 0 Å². The van der Waals surface area contributed by atoms with Gasteiger partial charge in [0.05, 0.1) is 0 Å². The summed E-state index contributed by atoms with van der Waals surface area (Å²) in [5.74, 6) is 0. The van der Waals surface area contributed by atoms with Crippen molar-refractivity contribution in [3.05, 3.63) is 42.0 Å². The first kappa shape index (κ1) is 9.05. The van der Waals surface area contributed by atoms with E-state index in [9.17, 15) is 0 Å². The van der Waals surface area contributed by atoms with Crippen LogP contribution >= 0.6 is 0 Å². The molecule has 0 nitrogen and oxygen atoms in total. The van der Waals surface area contributed by atoms with E-state index in [0.29, 0.717) is 0 Å². The quantitative estimate of drug-likeness (QED) is 0.629. The first-order valence-electron chi connectivity index (χ1n) is 4.63. The molecule has 0 heteroatoms. The van der Waals surface area contributed by atoms with E-state index in [-0.39, 0.29) is 0 Å². The molecule has 0 saturated carbocycles. The second kappa shape index (κ2) is 4.76. The van der Waals surface area contributed by atoms with E-state index in [1.807, 2.05) is 0 Å². The molecule has 0 heterocycles. The maximum absolute atomic E-state index is 2.30. The van der Waals surface area contributed by atoms with E-state index >= 15 is 0 Å². The summed E-state index contributed by atoms with van der Waals surface area (Å²) in [5.41, 5.74) is 2.82. The van der Waals surface area contributed by atoms with E-state index < -0.39 is 0 Å². The Labute approximate surface area is 74.9 Å². The van der Waals surface area contributed by atoms with Crippen molar-refractivity contribution in [2.24, 2.45) is 0 Å². The lowest BCUT2D eigenvalue weighted by Gasteiger charge is -2.03. The fourth-order valence-electron chi connectivity index (χ4n) is 1.36. The molecule has 64 valence electrons. The summed E-state index contributed by atoms with van der Waals surface area (Å²) in [7, 11) is 0. The van der Waals surface area contributed by atoms with Crippen molar-refractivity contribution in [2.45, 2.75) is 26.7 Å². The number of hydrogen-bond acceptors (Lipinski definition) is 0. The average Bonchev–Trinajstić information content (AvgIpc) is 2.15. The van der Waals surface area contributed by atoms with Crippen LogP contribution in [0.1, 0.15) is 32.3 Å². The van der Waals surface area contributed by atoms with E-state index in [4.69, 9.17) is 0 Å². The van der Waals surface area contributed by atoms with E-state index in [1.165, 1.54) is 11.1 Å². The van der Waals surface area contributed by atoms with Crippen LogP contribution in [-0.4, -0.2) is 0 Å². The minimum atomic E-state index is 1.12. The van der Waals surface area contributed by atoms with Crippen LogP contribution < -0.4 is 0 Å². The van der Waals surface area contributed by atoms with Crippen molar-refractivity contribution in [3.8, 4) is 0 Å². The van der Waals surface area contributed by atoms with Crippen molar-refractivity contribution >= 4 is 5.57 Å². The molecular formula is C12H16.